The van der Waals surface area contributed by atoms with Crippen molar-refractivity contribution in [3.63, 3.8) is 0 Å². The van der Waals surface area contributed by atoms with Crippen LogP contribution in [0.25, 0.3) is 0 Å². The molecule has 1 aromatic rings. The molecule has 1 rings (SSSR count). The molecule has 68 valence electrons. The van der Waals surface area contributed by atoms with Crippen LogP contribution in [-0.2, 0) is 13.1 Å². The monoisotopic (exact) mass is 167 g/mol. The topological polar surface area (TPSA) is 43.8 Å². The molecule has 0 amide bonds. The molecule has 0 bridgehead atoms. The molecule has 0 aliphatic carbocycles. The number of nitrogens with two attached hydrogens (primary N) is 1. The summed E-state index contributed by atoms with van der Waals surface area (Å²) in [5.41, 5.74) is 7.93. The summed E-state index contributed by atoms with van der Waals surface area (Å²) in [6, 6.07) is 0. The van der Waals surface area contributed by atoms with E-state index in [1.54, 1.807) is 0 Å². The van der Waals surface area contributed by atoms with Gasteiger partial charge in [0.2, 0.25) is 0 Å². The van der Waals surface area contributed by atoms with Crippen molar-refractivity contribution in [1.29, 1.82) is 0 Å². The van der Waals surface area contributed by atoms with Crippen LogP contribution in [0.15, 0.2) is 0 Å². The SMILES string of the molecule is CCCn1c(CN)nc(C)c1C. The molecule has 3 nitrogen and oxygen atoms in total. The maximum atomic E-state index is 5.58. The van der Waals surface area contributed by atoms with Crippen LogP contribution >= 0.6 is 0 Å². The third-order valence-electron chi connectivity index (χ3n) is 2.17. The number of nitrogens with zero attached hydrogens (tertiary/aromatic N) is 2. The minimum absolute atomic E-state index is 0.536. The van der Waals surface area contributed by atoms with E-state index in [-0.39, 0.29) is 0 Å². The number of aromatic nitrogens is 2. The standard InChI is InChI=1S/C9H17N3/c1-4-5-12-8(3)7(2)11-9(12)6-10/h4-6,10H2,1-3H3. The van der Waals surface area contributed by atoms with Gasteiger partial charge >= 0.3 is 0 Å². The highest BCUT2D eigenvalue weighted by atomic mass is 15.1. The Morgan fingerprint density at radius 2 is 2.08 bits per heavy atom. The first-order chi connectivity index (χ1) is 5.70. The quantitative estimate of drug-likeness (QED) is 0.739. The van der Waals surface area contributed by atoms with E-state index in [1.165, 1.54) is 5.69 Å². The van der Waals surface area contributed by atoms with E-state index < -0.39 is 0 Å². The number of rotatable bonds is 3. The molecule has 0 atom stereocenters. The Kier molecular flexibility index (Phi) is 2.87. The molecule has 0 aromatic carbocycles. The van der Waals surface area contributed by atoms with Crippen LogP contribution in [0.2, 0.25) is 0 Å². The Morgan fingerprint density at radius 1 is 1.42 bits per heavy atom. The van der Waals surface area contributed by atoms with Crippen molar-refractivity contribution >= 4 is 0 Å². The highest BCUT2D eigenvalue weighted by Crippen LogP contribution is 2.10. The van der Waals surface area contributed by atoms with Crippen LogP contribution in [-0.4, -0.2) is 9.55 Å². The second kappa shape index (κ2) is 3.72. The number of hydrogen-bond acceptors (Lipinski definition) is 2. The minimum Gasteiger partial charge on any atom is -0.331 e. The highest BCUT2D eigenvalue weighted by Gasteiger charge is 2.07. The van der Waals surface area contributed by atoms with Crippen LogP contribution in [0.5, 0.6) is 0 Å². The number of aryl methyl sites for hydroxylation is 1. The van der Waals surface area contributed by atoms with E-state index in [0.29, 0.717) is 6.54 Å². The predicted octanol–water partition coefficient (Wildman–Crippen LogP) is 1.37. The number of hydrogen-bond donors (Lipinski definition) is 1. The van der Waals surface area contributed by atoms with Gasteiger partial charge in [0.25, 0.3) is 0 Å². The summed E-state index contributed by atoms with van der Waals surface area (Å²) in [5, 5.41) is 0. The zero-order chi connectivity index (χ0) is 9.14. The van der Waals surface area contributed by atoms with Gasteiger partial charge in [-0.05, 0) is 20.3 Å². The van der Waals surface area contributed by atoms with E-state index in [0.717, 1.165) is 24.5 Å². The van der Waals surface area contributed by atoms with E-state index >= 15 is 0 Å². The molecule has 2 N–H and O–H groups in total. The molecular weight excluding hydrogens is 150 g/mol. The summed E-state index contributed by atoms with van der Waals surface area (Å²) in [6.45, 7) is 7.85. The summed E-state index contributed by atoms with van der Waals surface area (Å²) in [6.07, 6.45) is 1.13. The first-order valence-corrected chi connectivity index (χ1v) is 4.43. The lowest BCUT2D eigenvalue weighted by Gasteiger charge is -2.06. The van der Waals surface area contributed by atoms with Crippen molar-refractivity contribution in [3.05, 3.63) is 17.2 Å². The lowest BCUT2D eigenvalue weighted by atomic mass is 10.3. The molecule has 0 fully saturated rings. The number of imidazole rings is 1. The molecule has 3 heteroatoms. The Labute approximate surface area is 73.6 Å². The Hall–Kier alpha value is -0.830. The fourth-order valence-corrected chi connectivity index (χ4v) is 1.40. The lowest BCUT2D eigenvalue weighted by molar-refractivity contribution is 0.624. The van der Waals surface area contributed by atoms with E-state index in [4.69, 9.17) is 5.73 Å². The smallest absolute Gasteiger partial charge is 0.122 e. The third-order valence-corrected chi connectivity index (χ3v) is 2.17. The van der Waals surface area contributed by atoms with Crippen LogP contribution in [0, 0.1) is 13.8 Å². The third kappa shape index (κ3) is 1.50. The fraction of sp³-hybridized carbons (Fsp3) is 0.667. The highest BCUT2D eigenvalue weighted by molar-refractivity contribution is 5.13. The molecular formula is C9H17N3. The van der Waals surface area contributed by atoms with Crippen LogP contribution in [0.3, 0.4) is 0 Å². The van der Waals surface area contributed by atoms with Crippen LogP contribution < -0.4 is 5.73 Å². The average Bonchev–Trinajstić information content (AvgIpc) is 2.33. The maximum absolute atomic E-state index is 5.58. The molecule has 1 heterocycles. The van der Waals surface area contributed by atoms with Crippen LogP contribution in [0.4, 0.5) is 0 Å². The summed E-state index contributed by atoms with van der Waals surface area (Å²) >= 11 is 0. The molecule has 0 spiro atoms. The zero-order valence-electron chi connectivity index (χ0n) is 8.09. The predicted molar refractivity (Wildman–Crippen MR) is 49.9 cm³/mol. The first kappa shape index (κ1) is 9.26. The first-order valence-electron chi connectivity index (χ1n) is 4.43. The maximum Gasteiger partial charge on any atom is 0.122 e. The summed E-state index contributed by atoms with van der Waals surface area (Å²) in [4.78, 5) is 4.39. The van der Waals surface area contributed by atoms with Gasteiger partial charge in [0, 0.05) is 12.2 Å². The van der Waals surface area contributed by atoms with Crippen LogP contribution in [0.1, 0.15) is 30.6 Å². The van der Waals surface area contributed by atoms with Gasteiger partial charge in [-0.25, -0.2) is 4.98 Å². The second-order valence-electron chi connectivity index (χ2n) is 3.05. The molecule has 12 heavy (non-hydrogen) atoms. The molecule has 0 radical (unpaired) electrons. The molecule has 0 aliphatic heterocycles. The van der Waals surface area contributed by atoms with E-state index in [9.17, 15) is 0 Å². The van der Waals surface area contributed by atoms with Gasteiger partial charge in [-0.15, -0.1) is 0 Å². The summed E-state index contributed by atoms with van der Waals surface area (Å²) in [7, 11) is 0. The van der Waals surface area contributed by atoms with Gasteiger partial charge in [-0.3, -0.25) is 0 Å². The van der Waals surface area contributed by atoms with Gasteiger partial charge in [-0.1, -0.05) is 6.92 Å². The fourth-order valence-electron chi connectivity index (χ4n) is 1.40. The summed E-state index contributed by atoms with van der Waals surface area (Å²) < 4.78 is 2.20. The van der Waals surface area contributed by atoms with Gasteiger partial charge < -0.3 is 10.3 Å². The average molecular weight is 167 g/mol. The zero-order valence-corrected chi connectivity index (χ0v) is 8.09. The Balaban J connectivity index is 3.03. The van der Waals surface area contributed by atoms with Crippen molar-refractivity contribution in [2.45, 2.75) is 40.3 Å². The van der Waals surface area contributed by atoms with E-state index in [1.807, 2.05) is 6.92 Å². The Bertz CT molecular complexity index is 263. The summed E-state index contributed by atoms with van der Waals surface area (Å²) in [5.74, 6) is 1.01. The van der Waals surface area contributed by atoms with Crippen molar-refractivity contribution in [3.8, 4) is 0 Å². The molecule has 0 aliphatic rings. The van der Waals surface area contributed by atoms with Gasteiger partial charge in [0.1, 0.15) is 5.82 Å². The van der Waals surface area contributed by atoms with Crippen molar-refractivity contribution < 1.29 is 0 Å². The molecule has 0 saturated carbocycles. The van der Waals surface area contributed by atoms with Gasteiger partial charge in [-0.2, -0.15) is 0 Å². The molecule has 0 unspecified atom stereocenters. The van der Waals surface area contributed by atoms with E-state index in [2.05, 4.69) is 23.4 Å². The largest absolute Gasteiger partial charge is 0.331 e. The minimum atomic E-state index is 0.536. The molecule has 1 aromatic heterocycles. The van der Waals surface area contributed by atoms with Crippen molar-refractivity contribution in [2.24, 2.45) is 5.73 Å². The Morgan fingerprint density at radius 3 is 2.58 bits per heavy atom. The normalized spacial score (nSPS) is 10.7. The van der Waals surface area contributed by atoms with Gasteiger partial charge in [0.05, 0.1) is 12.2 Å². The van der Waals surface area contributed by atoms with Crippen molar-refractivity contribution in [1.82, 2.24) is 9.55 Å². The van der Waals surface area contributed by atoms with Gasteiger partial charge in [0.15, 0.2) is 0 Å². The molecule has 0 saturated heterocycles. The second-order valence-corrected chi connectivity index (χ2v) is 3.05. The lowest BCUT2D eigenvalue weighted by Crippen LogP contribution is -2.09. The van der Waals surface area contributed by atoms with Crippen molar-refractivity contribution in [2.75, 3.05) is 0 Å².